The topological polar surface area (TPSA) is 191 Å². The minimum atomic E-state index is -0.541. The van der Waals surface area contributed by atoms with E-state index in [1.165, 1.54) is 13.1 Å². The maximum absolute atomic E-state index is 13.5. The maximum Gasteiger partial charge on any atom is 0.269 e. The van der Waals surface area contributed by atoms with Crippen molar-refractivity contribution in [2.45, 2.75) is 53.0 Å². The van der Waals surface area contributed by atoms with Crippen molar-refractivity contribution in [2.75, 3.05) is 31.8 Å². The van der Waals surface area contributed by atoms with Gasteiger partial charge >= 0.3 is 0 Å². The Morgan fingerprint density at radius 3 is 2.45 bits per heavy atom. The second-order valence-corrected chi connectivity index (χ2v) is 11.3. The summed E-state index contributed by atoms with van der Waals surface area (Å²) in [5.74, 6) is -1.05. The molecule has 8 N–H and O–H groups in total. The Bertz CT molecular complexity index is 1770. The number of para-hydroxylation sites is 1. The molecule has 1 heterocycles. The number of rotatable bonds is 13. The molecule has 0 atom stereocenters. The van der Waals surface area contributed by atoms with Gasteiger partial charge in [0.1, 0.15) is 11.5 Å². The van der Waals surface area contributed by atoms with Crippen LogP contribution in [0.5, 0.6) is 0 Å². The monoisotopic (exact) mass is 665 g/mol. The van der Waals surface area contributed by atoms with E-state index < -0.39 is 5.91 Å². The van der Waals surface area contributed by atoms with Crippen molar-refractivity contribution in [3.63, 3.8) is 0 Å². The summed E-state index contributed by atoms with van der Waals surface area (Å²) in [6, 6.07) is 16.7. The zero-order valence-corrected chi connectivity index (χ0v) is 29.1. The molecule has 1 aliphatic rings. The van der Waals surface area contributed by atoms with Crippen molar-refractivity contribution in [1.82, 2.24) is 20.5 Å². The van der Waals surface area contributed by atoms with Crippen molar-refractivity contribution < 1.29 is 14.4 Å². The summed E-state index contributed by atoms with van der Waals surface area (Å²) < 4.78 is 0. The first-order valence-corrected chi connectivity index (χ1v) is 16.4. The van der Waals surface area contributed by atoms with Gasteiger partial charge in [-0.25, -0.2) is 0 Å². The molecule has 1 aromatic heterocycles. The molecule has 0 saturated heterocycles. The fourth-order valence-corrected chi connectivity index (χ4v) is 5.10. The molecule has 0 radical (unpaired) electrons. The third-order valence-corrected chi connectivity index (χ3v) is 7.71. The number of amides is 3. The van der Waals surface area contributed by atoms with Crippen LogP contribution >= 0.6 is 0 Å². The van der Waals surface area contributed by atoms with Gasteiger partial charge in [0, 0.05) is 44.9 Å². The highest BCUT2D eigenvalue weighted by Crippen LogP contribution is 2.36. The van der Waals surface area contributed by atoms with E-state index in [9.17, 15) is 19.6 Å². The number of nitrogens with zero attached hydrogens (tertiary/aromatic N) is 3. The van der Waals surface area contributed by atoms with E-state index >= 15 is 0 Å². The molecule has 2 aromatic carbocycles. The number of carbonyl (C=O) groups is 3. The van der Waals surface area contributed by atoms with Crippen molar-refractivity contribution in [2.24, 2.45) is 17.4 Å². The van der Waals surface area contributed by atoms with Crippen molar-refractivity contribution in [3.05, 3.63) is 100 Å². The number of nitrogens with two attached hydrogens (primary N) is 2. The Balaban J connectivity index is 0.00000319. The molecule has 0 aliphatic heterocycles. The van der Waals surface area contributed by atoms with Gasteiger partial charge in [-0.1, -0.05) is 45.4 Å². The first kappa shape index (κ1) is 37.6. The molecule has 1 saturated carbocycles. The van der Waals surface area contributed by atoms with E-state index in [4.69, 9.17) is 11.5 Å². The fourth-order valence-electron chi connectivity index (χ4n) is 5.10. The molecule has 0 spiro atoms. The Kier molecular flexibility index (Phi) is 13.8. The molecule has 0 unspecified atom stereocenters. The van der Waals surface area contributed by atoms with E-state index in [0.29, 0.717) is 23.5 Å². The predicted molar refractivity (Wildman–Crippen MR) is 194 cm³/mol. The van der Waals surface area contributed by atoms with Crippen LogP contribution < -0.4 is 32.7 Å². The molecule has 0 bridgehead atoms. The highest BCUT2D eigenvalue weighted by Gasteiger charge is 2.29. The number of aromatic nitrogens is 1. The number of hydrogen-bond donors (Lipinski definition) is 6. The molecule has 4 rings (SSSR count). The summed E-state index contributed by atoms with van der Waals surface area (Å²) in [5.41, 5.74) is 17.3. The molecule has 1 fully saturated rings. The molecular formula is C37H47N9O3. The van der Waals surface area contributed by atoms with Gasteiger partial charge in [0.05, 0.1) is 46.5 Å². The lowest BCUT2D eigenvalue weighted by Gasteiger charge is -2.20. The zero-order valence-electron chi connectivity index (χ0n) is 29.1. The minimum absolute atomic E-state index is 0.0340. The minimum Gasteiger partial charge on any atom is -0.393 e. The maximum atomic E-state index is 13.5. The van der Waals surface area contributed by atoms with E-state index in [2.05, 4.69) is 39.2 Å². The molecule has 3 aromatic rings. The van der Waals surface area contributed by atoms with Gasteiger partial charge in [-0.15, -0.1) is 0 Å². The molecule has 49 heavy (non-hydrogen) atoms. The lowest BCUT2D eigenvalue weighted by molar-refractivity contribution is -0.121. The predicted octanol–water partition coefficient (Wildman–Crippen LogP) is 4.57. The van der Waals surface area contributed by atoms with Crippen LogP contribution in [0.25, 0.3) is 11.1 Å². The first-order chi connectivity index (χ1) is 23.6. The SMILES string of the molecule is CC.CCCc1ccnc(CN(C)C(=O)c2ccc(-c3cccc(NC(/C=C(\N)NC(=O)C4CC4)=C(/N)C(=O)NC)c3NC)cc2C#N)c1. The second kappa shape index (κ2) is 17.9. The van der Waals surface area contributed by atoms with Gasteiger partial charge in [-0.2, -0.15) is 5.26 Å². The Morgan fingerprint density at radius 2 is 1.82 bits per heavy atom. The fraction of sp³-hybridized carbons (Fsp3) is 0.324. The summed E-state index contributed by atoms with van der Waals surface area (Å²) in [7, 11) is 4.88. The number of hydrogen-bond acceptors (Lipinski definition) is 9. The van der Waals surface area contributed by atoms with Gasteiger partial charge in [0.15, 0.2) is 0 Å². The van der Waals surface area contributed by atoms with Crippen LogP contribution in [0.4, 0.5) is 11.4 Å². The van der Waals surface area contributed by atoms with Gasteiger partial charge in [0.25, 0.3) is 11.8 Å². The average molecular weight is 666 g/mol. The summed E-state index contributed by atoms with van der Waals surface area (Å²) in [5, 5.41) is 21.6. The lowest BCUT2D eigenvalue weighted by atomic mass is 9.97. The van der Waals surface area contributed by atoms with Gasteiger partial charge in [-0.05, 0) is 60.7 Å². The highest BCUT2D eigenvalue weighted by atomic mass is 16.2. The standard InChI is InChI=1S/C35H41N9O3.C2H6/c1-5-7-21-14-15-41-25(16-21)20-44(4)35(47)27-13-12-23(17-24(27)19-36)26-8-6-9-28(32(26)39-2)42-29(31(38)34(46)40-3)18-30(37)43-33(45)22-10-11-22;1-2/h6,8-9,12-18,22,39,42H,5,7,10-11,20,37-38H2,1-4H3,(H,40,46)(H,43,45);1-2H3/b30-18+,31-29+;. The van der Waals surface area contributed by atoms with Crippen LogP contribution in [0.2, 0.25) is 0 Å². The summed E-state index contributed by atoms with van der Waals surface area (Å²) in [4.78, 5) is 44.2. The lowest BCUT2D eigenvalue weighted by Crippen LogP contribution is -2.31. The average Bonchev–Trinajstić information content (AvgIpc) is 3.97. The van der Waals surface area contributed by atoms with Crippen LogP contribution in [0, 0.1) is 17.2 Å². The zero-order chi connectivity index (χ0) is 36.1. The number of pyridine rings is 1. The Morgan fingerprint density at radius 1 is 1.08 bits per heavy atom. The van der Waals surface area contributed by atoms with Crippen molar-refractivity contribution in [1.29, 1.82) is 5.26 Å². The van der Waals surface area contributed by atoms with Crippen LogP contribution in [0.15, 0.2) is 78.0 Å². The highest BCUT2D eigenvalue weighted by molar-refractivity contribution is 5.98. The van der Waals surface area contributed by atoms with Crippen LogP contribution in [0.1, 0.15) is 67.2 Å². The molecule has 3 amide bonds. The molecule has 12 heteroatoms. The number of nitrogens with one attached hydrogen (secondary N) is 4. The Labute approximate surface area is 288 Å². The normalized spacial score (nSPS) is 12.7. The summed E-state index contributed by atoms with van der Waals surface area (Å²) >= 11 is 0. The smallest absolute Gasteiger partial charge is 0.269 e. The number of nitriles is 1. The van der Waals surface area contributed by atoms with E-state index in [1.54, 1.807) is 55.5 Å². The summed E-state index contributed by atoms with van der Waals surface area (Å²) in [6.45, 7) is 6.42. The number of allylic oxidation sites excluding steroid dienone is 1. The number of aryl methyl sites for hydroxylation is 1. The molecule has 258 valence electrons. The Hall–Kier alpha value is -5.83. The molecule has 1 aliphatic carbocycles. The second-order valence-electron chi connectivity index (χ2n) is 11.3. The quantitative estimate of drug-likeness (QED) is 0.112. The molecular weight excluding hydrogens is 618 g/mol. The number of carbonyl (C=O) groups excluding carboxylic acids is 3. The van der Waals surface area contributed by atoms with Crippen LogP contribution in [0.3, 0.4) is 0 Å². The van der Waals surface area contributed by atoms with Gasteiger partial charge in [-0.3, -0.25) is 19.4 Å². The van der Waals surface area contributed by atoms with Crippen molar-refractivity contribution in [3.8, 4) is 17.2 Å². The van der Waals surface area contributed by atoms with E-state index in [-0.39, 0.29) is 46.1 Å². The third-order valence-electron chi connectivity index (χ3n) is 7.71. The molecule has 12 nitrogen and oxygen atoms in total. The third kappa shape index (κ3) is 9.84. The van der Waals surface area contributed by atoms with Gasteiger partial charge in [0.2, 0.25) is 5.91 Å². The van der Waals surface area contributed by atoms with E-state index in [0.717, 1.165) is 42.5 Å². The van der Waals surface area contributed by atoms with Gasteiger partial charge < -0.3 is 37.6 Å². The number of anilines is 2. The number of likely N-dealkylation sites (N-methyl/N-ethyl adjacent to an activating group) is 1. The summed E-state index contributed by atoms with van der Waals surface area (Å²) in [6.07, 6.45) is 6.71. The van der Waals surface area contributed by atoms with Crippen molar-refractivity contribution >= 4 is 29.1 Å². The van der Waals surface area contributed by atoms with E-state index in [1.807, 2.05) is 32.0 Å². The largest absolute Gasteiger partial charge is 0.393 e. The first-order valence-electron chi connectivity index (χ1n) is 16.4. The van der Waals surface area contributed by atoms with Crippen LogP contribution in [-0.4, -0.2) is 48.7 Å². The number of benzene rings is 2. The van der Waals surface area contributed by atoms with Crippen LogP contribution in [-0.2, 0) is 22.6 Å².